The first-order chi connectivity index (χ1) is 14.1. The van der Waals surface area contributed by atoms with E-state index in [1.165, 1.54) is 0 Å². The number of para-hydroxylation sites is 1. The van der Waals surface area contributed by atoms with Gasteiger partial charge in [-0.3, -0.25) is 0 Å². The number of hydrogen-bond acceptors (Lipinski definition) is 6. The molecule has 0 spiro atoms. The van der Waals surface area contributed by atoms with Crippen LogP contribution in [0.2, 0.25) is 0 Å². The molecule has 0 fully saturated rings. The van der Waals surface area contributed by atoms with Crippen LogP contribution in [0.5, 0.6) is 0 Å². The predicted octanol–water partition coefficient (Wildman–Crippen LogP) is 4.15. The first-order valence-electron chi connectivity index (χ1n) is 9.34. The fraction of sp³-hybridized carbons (Fsp3) is 0.182. The molecular formula is C22H20N4O3. The molecule has 0 N–H and O–H groups in total. The molecule has 4 aromatic rings. The van der Waals surface area contributed by atoms with Crippen LogP contribution < -0.4 is 0 Å². The molecule has 7 heteroatoms. The Balaban J connectivity index is 1.65. The topological polar surface area (TPSA) is 83.0 Å². The molecule has 7 nitrogen and oxygen atoms in total. The maximum absolute atomic E-state index is 12.8. The van der Waals surface area contributed by atoms with E-state index in [1.54, 1.807) is 10.9 Å². The summed E-state index contributed by atoms with van der Waals surface area (Å²) in [6.07, 6.45) is 2.31. The van der Waals surface area contributed by atoms with Gasteiger partial charge in [-0.1, -0.05) is 55.0 Å². The molecule has 2 heterocycles. The molecule has 0 radical (unpaired) electrons. The zero-order valence-corrected chi connectivity index (χ0v) is 16.2. The minimum Gasteiger partial charge on any atom is -0.452 e. The van der Waals surface area contributed by atoms with Crippen LogP contribution in [-0.4, -0.2) is 25.9 Å². The Morgan fingerprint density at radius 2 is 1.76 bits per heavy atom. The molecule has 2 aromatic heterocycles. The van der Waals surface area contributed by atoms with Crippen molar-refractivity contribution >= 4 is 5.97 Å². The second-order valence-electron chi connectivity index (χ2n) is 6.56. The van der Waals surface area contributed by atoms with Crippen molar-refractivity contribution in [1.82, 2.24) is 20.0 Å². The Morgan fingerprint density at radius 1 is 1.03 bits per heavy atom. The molecular weight excluding hydrogens is 368 g/mol. The number of carbonyl (C=O) groups excluding carboxylic acids is 1. The molecule has 0 bridgehead atoms. The highest BCUT2D eigenvalue weighted by Gasteiger charge is 2.21. The lowest BCUT2D eigenvalue weighted by atomic mass is 10.1. The number of rotatable bonds is 6. The van der Waals surface area contributed by atoms with Crippen molar-refractivity contribution in [3.05, 3.63) is 83.7 Å². The normalized spacial score (nSPS) is 10.8. The summed E-state index contributed by atoms with van der Waals surface area (Å²) in [5.41, 5.74) is 3.74. The molecule has 0 saturated carbocycles. The fourth-order valence-corrected chi connectivity index (χ4v) is 2.86. The van der Waals surface area contributed by atoms with Gasteiger partial charge in [-0.15, -0.1) is 10.2 Å². The monoisotopic (exact) mass is 388 g/mol. The second kappa shape index (κ2) is 8.10. The van der Waals surface area contributed by atoms with Gasteiger partial charge in [0.05, 0.1) is 5.69 Å². The number of nitrogens with zero attached hydrogens (tertiary/aromatic N) is 4. The Bertz CT molecular complexity index is 1110. The average Bonchev–Trinajstić information content (AvgIpc) is 3.40. The van der Waals surface area contributed by atoms with Gasteiger partial charge >= 0.3 is 5.97 Å². The molecule has 0 aliphatic carbocycles. The molecule has 0 atom stereocenters. The van der Waals surface area contributed by atoms with E-state index in [1.807, 2.05) is 68.4 Å². The number of carbonyl (C=O) groups is 1. The number of hydrogen-bond donors (Lipinski definition) is 0. The summed E-state index contributed by atoms with van der Waals surface area (Å²) in [4.78, 5) is 12.8. The van der Waals surface area contributed by atoms with E-state index in [2.05, 4.69) is 15.3 Å². The highest BCUT2D eigenvalue weighted by Crippen LogP contribution is 2.25. The third-order valence-corrected chi connectivity index (χ3v) is 4.42. The zero-order valence-electron chi connectivity index (χ0n) is 16.2. The zero-order chi connectivity index (χ0) is 20.2. The summed E-state index contributed by atoms with van der Waals surface area (Å²) in [5, 5.41) is 12.4. The summed E-state index contributed by atoms with van der Waals surface area (Å²) in [5.74, 6) is 0.273. The van der Waals surface area contributed by atoms with Crippen LogP contribution in [0.1, 0.15) is 34.6 Å². The lowest BCUT2D eigenvalue weighted by Crippen LogP contribution is -2.06. The maximum Gasteiger partial charge on any atom is 0.342 e. The van der Waals surface area contributed by atoms with Crippen molar-refractivity contribution in [2.75, 3.05) is 0 Å². The Morgan fingerprint density at radius 3 is 2.45 bits per heavy atom. The standard InChI is InChI=1S/C22H20N4O3/c1-3-19-23-24-20(29-19)14-28-22(27)18-13-26(17-7-5-4-6-8-17)25-21(18)16-11-9-15(2)10-12-16/h4-13H,3,14H2,1-2H3. The van der Waals surface area contributed by atoms with Crippen LogP contribution in [0.3, 0.4) is 0 Å². The molecule has 0 amide bonds. The number of aryl methyl sites for hydroxylation is 2. The van der Waals surface area contributed by atoms with Crippen molar-refractivity contribution in [3.63, 3.8) is 0 Å². The van der Waals surface area contributed by atoms with Gasteiger partial charge in [0.15, 0.2) is 6.61 Å². The largest absolute Gasteiger partial charge is 0.452 e. The number of esters is 1. The van der Waals surface area contributed by atoms with Gasteiger partial charge in [0.25, 0.3) is 5.89 Å². The predicted molar refractivity (Wildman–Crippen MR) is 107 cm³/mol. The summed E-state index contributed by atoms with van der Waals surface area (Å²) in [6.45, 7) is 3.83. The minimum atomic E-state index is -0.501. The van der Waals surface area contributed by atoms with E-state index in [4.69, 9.17) is 9.15 Å². The highest BCUT2D eigenvalue weighted by molar-refractivity contribution is 5.96. The van der Waals surface area contributed by atoms with Crippen LogP contribution in [0.4, 0.5) is 0 Å². The van der Waals surface area contributed by atoms with E-state index in [0.29, 0.717) is 23.6 Å². The quantitative estimate of drug-likeness (QED) is 0.462. The Labute approximate surface area is 168 Å². The van der Waals surface area contributed by atoms with Crippen molar-refractivity contribution in [3.8, 4) is 16.9 Å². The third-order valence-electron chi connectivity index (χ3n) is 4.42. The Kier molecular flexibility index (Phi) is 5.20. The van der Waals surface area contributed by atoms with Gasteiger partial charge in [-0.25, -0.2) is 9.48 Å². The van der Waals surface area contributed by atoms with Crippen LogP contribution >= 0.6 is 0 Å². The number of ether oxygens (including phenoxy) is 1. The van der Waals surface area contributed by atoms with Crippen molar-refractivity contribution in [2.24, 2.45) is 0 Å². The highest BCUT2D eigenvalue weighted by atomic mass is 16.5. The summed E-state index contributed by atoms with van der Waals surface area (Å²) in [6, 6.07) is 17.5. The molecule has 146 valence electrons. The second-order valence-corrected chi connectivity index (χ2v) is 6.56. The van der Waals surface area contributed by atoms with E-state index in [-0.39, 0.29) is 12.5 Å². The maximum atomic E-state index is 12.8. The molecule has 0 saturated heterocycles. The fourth-order valence-electron chi connectivity index (χ4n) is 2.86. The Hall–Kier alpha value is -3.74. The molecule has 4 rings (SSSR count). The van der Waals surface area contributed by atoms with Gasteiger partial charge < -0.3 is 9.15 Å². The summed E-state index contributed by atoms with van der Waals surface area (Å²) < 4.78 is 12.5. The first kappa shape index (κ1) is 18.6. The molecule has 2 aromatic carbocycles. The van der Waals surface area contributed by atoms with Gasteiger partial charge in [-0.05, 0) is 19.1 Å². The van der Waals surface area contributed by atoms with E-state index < -0.39 is 5.97 Å². The number of benzene rings is 2. The van der Waals surface area contributed by atoms with Crippen LogP contribution in [0.15, 0.2) is 65.2 Å². The van der Waals surface area contributed by atoms with Gasteiger partial charge in [0.1, 0.15) is 11.3 Å². The van der Waals surface area contributed by atoms with Crippen molar-refractivity contribution in [1.29, 1.82) is 0 Å². The minimum absolute atomic E-state index is 0.0876. The third kappa shape index (κ3) is 4.08. The first-order valence-corrected chi connectivity index (χ1v) is 9.34. The van der Waals surface area contributed by atoms with Crippen LogP contribution in [0, 0.1) is 6.92 Å². The lowest BCUT2D eigenvalue weighted by molar-refractivity contribution is 0.0437. The van der Waals surface area contributed by atoms with E-state index in [9.17, 15) is 4.79 Å². The van der Waals surface area contributed by atoms with Crippen LogP contribution in [0.25, 0.3) is 16.9 Å². The SMILES string of the molecule is CCc1nnc(COC(=O)c2cn(-c3ccccc3)nc2-c2ccc(C)cc2)o1. The van der Waals surface area contributed by atoms with Crippen molar-refractivity contribution < 1.29 is 13.9 Å². The van der Waals surface area contributed by atoms with E-state index >= 15 is 0 Å². The number of aromatic nitrogens is 4. The average molecular weight is 388 g/mol. The molecule has 29 heavy (non-hydrogen) atoms. The lowest BCUT2D eigenvalue weighted by Gasteiger charge is -2.03. The smallest absolute Gasteiger partial charge is 0.342 e. The van der Waals surface area contributed by atoms with Gasteiger partial charge in [-0.2, -0.15) is 5.10 Å². The molecule has 0 aliphatic rings. The summed E-state index contributed by atoms with van der Waals surface area (Å²) >= 11 is 0. The van der Waals surface area contributed by atoms with Gasteiger partial charge in [0, 0.05) is 18.2 Å². The van der Waals surface area contributed by atoms with Gasteiger partial charge in [0.2, 0.25) is 5.89 Å². The molecule has 0 aliphatic heterocycles. The van der Waals surface area contributed by atoms with Crippen LogP contribution in [-0.2, 0) is 17.8 Å². The van der Waals surface area contributed by atoms with Crippen molar-refractivity contribution in [2.45, 2.75) is 26.9 Å². The van der Waals surface area contributed by atoms with E-state index in [0.717, 1.165) is 16.8 Å². The molecule has 0 unspecified atom stereocenters. The summed E-state index contributed by atoms with van der Waals surface area (Å²) in [7, 11) is 0.